The molecule has 6 nitrogen and oxygen atoms in total. The average Bonchev–Trinajstić information content (AvgIpc) is 2.92. The Morgan fingerprint density at radius 1 is 1.58 bits per heavy atom. The summed E-state index contributed by atoms with van der Waals surface area (Å²) in [6, 6.07) is 3.78. The van der Waals surface area contributed by atoms with Gasteiger partial charge in [-0.2, -0.15) is 0 Å². The molecule has 100 valence electrons. The molecular formula is C12H13N3O3S. The molecule has 0 bridgehead atoms. The van der Waals surface area contributed by atoms with Gasteiger partial charge in [-0.25, -0.2) is 14.8 Å². The Bertz CT molecular complexity index is 557. The highest BCUT2D eigenvalue weighted by Crippen LogP contribution is 2.23. The maximum atomic E-state index is 11.1. The van der Waals surface area contributed by atoms with Crippen LogP contribution >= 0.6 is 11.3 Å². The molecule has 2 heterocycles. The number of anilines is 1. The van der Waals surface area contributed by atoms with Crippen molar-refractivity contribution in [3.8, 4) is 10.7 Å². The second-order valence-corrected chi connectivity index (χ2v) is 4.61. The molecule has 0 aliphatic heterocycles. The lowest BCUT2D eigenvalue weighted by Crippen LogP contribution is -2.13. The van der Waals surface area contributed by atoms with Crippen molar-refractivity contribution < 1.29 is 14.6 Å². The zero-order valence-electron chi connectivity index (χ0n) is 10.3. The van der Waals surface area contributed by atoms with Crippen molar-refractivity contribution in [1.29, 1.82) is 0 Å². The van der Waals surface area contributed by atoms with Gasteiger partial charge in [0.2, 0.25) is 0 Å². The summed E-state index contributed by atoms with van der Waals surface area (Å²) in [7, 11) is 1.58. The number of thiophene rings is 1. The molecule has 2 N–H and O–H groups in total. The van der Waals surface area contributed by atoms with E-state index in [4.69, 9.17) is 9.84 Å². The van der Waals surface area contributed by atoms with E-state index >= 15 is 0 Å². The van der Waals surface area contributed by atoms with Gasteiger partial charge >= 0.3 is 5.97 Å². The summed E-state index contributed by atoms with van der Waals surface area (Å²) in [5, 5.41) is 14.0. The average molecular weight is 279 g/mol. The quantitative estimate of drug-likeness (QED) is 0.786. The molecule has 0 aliphatic carbocycles. The Balaban J connectivity index is 2.30. The number of aromatic nitrogens is 2. The summed E-state index contributed by atoms with van der Waals surface area (Å²) < 4.78 is 4.92. The minimum Gasteiger partial charge on any atom is -0.477 e. The van der Waals surface area contributed by atoms with Crippen LogP contribution in [0.4, 0.5) is 5.82 Å². The lowest BCUT2D eigenvalue weighted by atomic mass is 10.3. The van der Waals surface area contributed by atoms with E-state index in [0.717, 1.165) is 4.88 Å². The first kappa shape index (κ1) is 13.4. The fourth-order valence-electron chi connectivity index (χ4n) is 1.47. The number of nitrogens with one attached hydrogen (secondary N) is 1. The van der Waals surface area contributed by atoms with Gasteiger partial charge in [0.25, 0.3) is 0 Å². The number of carboxylic acid groups (broad SMARTS) is 1. The third kappa shape index (κ3) is 3.27. The first-order valence-corrected chi connectivity index (χ1v) is 6.47. The minimum absolute atomic E-state index is 0.0522. The largest absolute Gasteiger partial charge is 0.477 e. The van der Waals surface area contributed by atoms with Crippen molar-refractivity contribution in [2.24, 2.45) is 0 Å². The molecular weight excluding hydrogens is 266 g/mol. The number of methoxy groups -OCH3 is 1. The minimum atomic E-state index is -1.06. The van der Waals surface area contributed by atoms with Crippen LogP contribution in [0.3, 0.4) is 0 Å². The number of nitrogens with zero attached hydrogens (tertiary/aromatic N) is 2. The highest BCUT2D eigenvalue weighted by atomic mass is 32.1. The summed E-state index contributed by atoms with van der Waals surface area (Å²) in [6.45, 7) is 0.953. The van der Waals surface area contributed by atoms with E-state index in [2.05, 4.69) is 15.3 Å². The van der Waals surface area contributed by atoms with Gasteiger partial charge < -0.3 is 15.2 Å². The fraction of sp³-hybridized carbons (Fsp3) is 0.250. The molecule has 0 radical (unpaired) electrons. The van der Waals surface area contributed by atoms with Gasteiger partial charge in [-0.1, -0.05) is 6.07 Å². The van der Waals surface area contributed by atoms with Crippen LogP contribution in [0.5, 0.6) is 0 Å². The Morgan fingerprint density at radius 2 is 2.42 bits per heavy atom. The van der Waals surface area contributed by atoms with E-state index in [0.29, 0.717) is 24.8 Å². The predicted molar refractivity (Wildman–Crippen MR) is 72.7 cm³/mol. The van der Waals surface area contributed by atoms with E-state index in [1.165, 1.54) is 17.5 Å². The molecule has 2 aromatic heterocycles. The zero-order valence-corrected chi connectivity index (χ0v) is 11.1. The Labute approximate surface area is 114 Å². The predicted octanol–water partition coefficient (Wildman–Crippen LogP) is 1.96. The summed E-state index contributed by atoms with van der Waals surface area (Å²) in [5.74, 6) is -0.236. The summed E-state index contributed by atoms with van der Waals surface area (Å²) in [4.78, 5) is 20.3. The second-order valence-electron chi connectivity index (χ2n) is 3.66. The normalized spacial score (nSPS) is 10.4. The Hall–Kier alpha value is -1.99. The lowest BCUT2D eigenvalue weighted by molar-refractivity contribution is 0.0697. The number of aromatic carboxylic acids is 1. The molecule has 0 aromatic carbocycles. The first-order valence-electron chi connectivity index (χ1n) is 5.59. The summed E-state index contributed by atoms with van der Waals surface area (Å²) in [6.07, 6.45) is 1.32. The van der Waals surface area contributed by atoms with Crippen molar-refractivity contribution in [3.63, 3.8) is 0 Å². The topological polar surface area (TPSA) is 84.3 Å². The number of hydrogen-bond donors (Lipinski definition) is 2. The maximum absolute atomic E-state index is 11.1. The summed E-state index contributed by atoms with van der Waals surface area (Å²) in [5.41, 5.74) is 0.0522. The van der Waals surface area contributed by atoms with Gasteiger partial charge in [0, 0.05) is 19.9 Å². The van der Waals surface area contributed by atoms with Gasteiger partial charge in [-0.15, -0.1) is 11.3 Å². The molecule has 0 saturated carbocycles. The van der Waals surface area contributed by atoms with Gasteiger partial charge in [-0.3, -0.25) is 0 Å². The SMILES string of the molecule is COCCNc1nc(-c2cccs2)ncc1C(=O)O. The first-order chi connectivity index (χ1) is 9.22. The van der Waals surface area contributed by atoms with Crippen LogP contribution in [0.1, 0.15) is 10.4 Å². The van der Waals surface area contributed by atoms with Gasteiger partial charge in [-0.05, 0) is 11.4 Å². The monoisotopic (exact) mass is 279 g/mol. The molecule has 7 heteroatoms. The molecule has 0 aliphatic rings. The molecule has 2 aromatic rings. The zero-order chi connectivity index (χ0) is 13.7. The standard InChI is InChI=1S/C12H13N3O3S/c1-18-5-4-13-10-8(12(16)17)7-14-11(15-10)9-3-2-6-19-9/h2-3,6-7H,4-5H2,1H3,(H,16,17)(H,13,14,15). The van der Waals surface area contributed by atoms with Crippen LogP contribution in [-0.2, 0) is 4.74 Å². The van der Waals surface area contributed by atoms with E-state index in [1.807, 2.05) is 17.5 Å². The third-order valence-corrected chi connectivity index (χ3v) is 3.23. The highest BCUT2D eigenvalue weighted by molar-refractivity contribution is 7.13. The molecule has 0 amide bonds. The Morgan fingerprint density at radius 3 is 3.05 bits per heavy atom. The van der Waals surface area contributed by atoms with Crippen molar-refractivity contribution in [2.75, 3.05) is 25.6 Å². The van der Waals surface area contributed by atoms with Crippen LogP contribution in [0.15, 0.2) is 23.7 Å². The van der Waals surface area contributed by atoms with Crippen molar-refractivity contribution in [3.05, 3.63) is 29.3 Å². The van der Waals surface area contributed by atoms with Gasteiger partial charge in [0.05, 0.1) is 11.5 Å². The smallest absolute Gasteiger partial charge is 0.341 e. The number of carbonyl (C=O) groups is 1. The molecule has 0 fully saturated rings. The number of carboxylic acids is 1. The Kier molecular flexibility index (Phi) is 4.43. The maximum Gasteiger partial charge on any atom is 0.341 e. The van der Waals surface area contributed by atoms with E-state index in [9.17, 15) is 4.79 Å². The van der Waals surface area contributed by atoms with E-state index in [1.54, 1.807) is 7.11 Å². The van der Waals surface area contributed by atoms with Crippen molar-refractivity contribution in [1.82, 2.24) is 9.97 Å². The number of rotatable bonds is 6. The highest BCUT2D eigenvalue weighted by Gasteiger charge is 2.14. The fourth-order valence-corrected chi connectivity index (χ4v) is 2.13. The van der Waals surface area contributed by atoms with Crippen molar-refractivity contribution >= 4 is 23.1 Å². The van der Waals surface area contributed by atoms with Crippen LogP contribution < -0.4 is 5.32 Å². The molecule has 0 spiro atoms. The molecule has 0 atom stereocenters. The van der Waals surface area contributed by atoms with E-state index in [-0.39, 0.29) is 5.56 Å². The van der Waals surface area contributed by atoms with Gasteiger partial charge in [0.15, 0.2) is 5.82 Å². The van der Waals surface area contributed by atoms with Crippen LogP contribution in [0.2, 0.25) is 0 Å². The van der Waals surface area contributed by atoms with Crippen LogP contribution in [0.25, 0.3) is 10.7 Å². The van der Waals surface area contributed by atoms with Crippen LogP contribution in [0, 0.1) is 0 Å². The molecule has 19 heavy (non-hydrogen) atoms. The number of hydrogen-bond acceptors (Lipinski definition) is 6. The third-order valence-electron chi connectivity index (χ3n) is 2.36. The summed E-state index contributed by atoms with van der Waals surface area (Å²) >= 11 is 1.50. The van der Waals surface area contributed by atoms with Crippen molar-refractivity contribution in [2.45, 2.75) is 0 Å². The second kappa shape index (κ2) is 6.26. The van der Waals surface area contributed by atoms with E-state index < -0.39 is 5.97 Å². The lowest BCUT2D eigenvalue weighted by Gasteiger charge is -2.08. The van der Waals surface area contributed by atoms with Gasteiger partial charge in [0.1, 0.15) is 11.4 Å². The molecule has 0 unspecified atom stereocenters. The van der Waals surface area contributed by atoms with Crippen LogP contribution in [-0.4, -0.2) is 41.3 Å². The number of ether oxygens (including phenoxy) is 1. The molecule has 0 saturated heterocycles. The molecule has 2 rings (SSSR count).